The molecular formula is C11H14BrF2NO2S. The maximum atomic E-state index is 13.4. The monoisotopic (exact) mass is 341 g/mol. The Morgan fingerprint density at radius 2 is 1.89 bits per heavy atom. The van der Waals surface area contributed by atoms with Crippen molar-refractivity contribution in [2.75, 3.05) is 0 Å². The Bertz CT molecular complexity index is 544. The fourth-order valence-corrected chi connectivity index (χ4v) is 3.00. The van der Waals surface area contributed by atoms with Gasteiger partial charge in [0.15, 0.2) is 0 Å². The quantitative estimate of drug-likeness (QED) is 0.856. The van der Waals surface area contributed by atoms with E-state index < -0.39 is 32.1 Å². The van der Waals surface area contributed by atoms with Gasteiger partial charge in [0.1, 0.15) is 16.5 Å². The van der Waals surface area contributed by atoms with E-state index in [4.69, 9.17) is 0 Å². The van der Waals surface area contributed by atoms with E-state index in [0.29, 0.717) is 6.07 Å². The number of benzene rings is 1. The first-order chi connectivity index (χ1) is 8.06. The molecule has 0 saturated heterocycles. The van der Waals surface area contributed by atoms with Crippen LogP contribution in [0.4, 0.5) is 8.78 Å². The first-order valence-electron chi connectivity index (χ1n) is 5.19. The summed E-state index contributed by atoms with van der Waals surface area (Å²) >= 11 is 3.26. The van der Waals surface area contributed by atoms with E-state index in [1.165, 1.54) is 0 Å². The molecule has 1 atom stereocenters. The van der Waals surface area contributed by atoms with Crippen molar-refractivity contribution in [3.63, 3.8) is 0 Å². The van der Waals surface area contributed by atoms with Crippen LogP contribution in [-0.4, -0.2) is 18.8 Å². The second-order valence-electron chi connectivity index (χ2n) is 4.52. The maximum Gasteiger partial charge on any atom is 0.244 e. The third-order valence-corrected chi connectivity index (χ3v) is 5.41. The second kappa shape index (κ2) is 5.22. The maximum absolute atomic E-state index is 13.4. The third-order valence-electron chi connectivity index (χ3n) is 2.57. The lowest BCUT2D eigenvalue weighted by molar-refractivity contribution is 0.450. The summed E-state index contributed by atoms with van der Waals surface area (Å²) in [4.78, 5) is -0.875. The first-order valence-corrected chi connectivity index (χ1v) is 7.59. The molecule has 0 aliphatic heterocycles. The van der Waals surface area contributed by atoms with Gasteiger partial charge in [0.2, 0.25) is 10.0 Å². The minimum Gasteiger partial charge on any atom is -0.207 e. The highest BCUT2D eigenvalue weighted by atomic mass is 79.9. The van der Waals surface area contributed by atoms with Crippen molar-refractivity contribution in [3.8, 4) is 0 Å². The van der Waals surface area contributed by atoms with E-state index in [1.54, 1.807) is 20.8 Å². The topological polar surface area (TPSA) is 46.2 Å². The van der Waals surface area contributed by atoms with E-state index in [2.05, 4.69) is 20.7 Å². The predicted octanol–water partition coefficient (Wildman–Crippen LogP) is 2.81. The Morgan fingerprint density at radius 3 is 2.39 bits per heavy atom. The molecule has 0 bridgehead atoms. The summed E-state index contributed by atoms with van der Waals surface area (Å²) < 4.78 is 52.8. The fourth-order valence-electron chi connectivity index (χ4n) is 1.17. The number of hydrogen-bond donors (Lipinski definition) is 1. The van der Waals surface area contributed by atoms with Crippen molar-refractivity contribution >= 4 is 26.0 Å². The van der Waals surface area contributed by atoms with Gasteiger partial charge in [-0.2, -0.15) is 0 Å². The van der Waals surface area contributed by atoms with Crippen LogP contribution in [0, 0.1) is 11.6 Å². The summed E-state index contributed by atoms with van der Waals surface area (Å²) in [6.07, 6.45) is 0. The largest absolute Gasteiger partial charge is 0.244 e. The van der Waals surface area contributed by atoms with Crippen molar-refractivity contribution < 1.29 is 17.2 Å². The summed E-state index contributed by atoms with van der Waals surface area (Å²) in [6.45, 7) is 5.03. The van der Waals surface area contributed by atoms with Gasteiger partial charge < -0.3 is 0 Å². The Balaban J connectivity index is 3.19. The average molecular weight is 342 g/mol. The number of halogens is 3. The lowest BCUT2D eigenvalue weighted by Crippen LogP contribution is -2.48. The lowest BCUT2D eigenvalue weighted by atomic mass is 10.0. The highest BCUT2D eigenvalue weighted by molar-refractivity contribution is 9.09. The zero-order valence-corrected chi connectivity index (χ0v) is 12.6. The van der Waals surface area contributed by atoms with Crippen LogP contribution in [0.15, 0.2) is 23.1 Å². The van der Waals surface area contributed by atoms with Gasteiger partial charge in [0, 0.05) is 10.4 Å². The number of sulfonamides is 1. The number of hydrogen-bond acceptors (Lipinski definition) is 2. The molecule has 1 aromatic carbocycles. The third kappa shape index (κ3) is 3.49. The molecular weight excluding hydrogens is 328 g/mol. The van der Waals surface area contributed by atoms with Crippen LogP contribution in [0.1, 0.15) is 20.8 Å². The lowest BCUT2D eigenvalue weighted by Gasteiger charge is -2.28. The zero-order chi connectivity index (χ0) is 14.1. The highest BCUT2D eigenvalue weighted by Crippen LogP contribution is 2.22. The second-order valence-corrected chi connectivity index (χ2v) is 7.54. The van der Waals surface area contributed by atoms with Crippen LogP contribution >= 0.6 is 15.9 Å². The van der Waals surface area contributed by atoms with Gasteiger partial charge in [-0.3, -0.25) is 0 Å². The molecule has 0 aromatic heterocycles. The Morgan fingerprint density at radius 1 is 1.33 bits per heavy atom. The van der Waals surface area contributed by atoms with E-state index in [9.17, 15) is 17.2 Å². The van der Waals surface area contributed by atoms with E-state index in [1.807, 2.05) is 0 Å². The number of alkyl halides is 1. The normalized spacial score (nSPS) is 14.6. The average Bonchev–Trinajstić information content (AvgIpc) is 2.19. The number of rotatable bonds is 4. The van der Waals surface area contributed by atoms with Crippen LogP contribution < -0.4 is 4.72 Å². The minimum absolute atomic E-state index is 0.184. The molecule has 102 valence electrons. The van der Waals surface area contributed by atoms with Gasteiger partial charge in [0.25, 0.3) is 0 Å². The summed E-state index contributed by atoms with van der Waals surface area (Å²) in [6, 6.07) is 2.31. The van der Waals surface area contributed by atoms with Gasteiger partial charge in [-0.15, -0.1) is 0 Å². The molecule has 0 spiro atoms. The van der Waals surface area contributed by atoms with Crippen molar-refractivity contribution in [3.05, 3.63) is 29.8 Å². The summed E-state index contributed by atoms with van der Waals surface area (Å²) in [7, 11) is -4.11. The molecule has 1 aromatic rings. The van der Waals surface area contributed by atoms with Crippen LogP contribution in [0.25, 0.3) is 0 Å². The van der Waals surface area contributed by atoms with E-state index in [0.717, 1.165) is 12.1 Å². The van der Waals surface area contributed by atoms with Crippen LogP contribution in [0.2, 0.25) is 0 Å². The summed E-state index contributed by atoms with van der Waals surface area (Å²) in [5, 5.41) is 0. The predicted molar refractivity (Wildman–Crippen MR) is 69.1 cm³/mol. The van der Waals surface area contributed by atoms with Crippen LogP contribution in [0.3, 0.4) is 0 Å². The SMILES string of the molecule is CC(Br)C(C)(C)NS(=O)(=O)c1cc(F)ccc1F. The molecule has 0 fully saturated rings. The van der Waals surface area contributed by atoms with E-state index >= 15 is 0 Å². The molecule has 18 heavy (non-hydrogen) atoms. The van der Waals surface area contributed by atoms with Gasteiger partial charge in [-0.05, 0) is 32.0 Å². The molecule has 1 rings (SSSR count). The molecule has 3 nitrogen and oxygen atoms in total. The summed E-state index contributed by atoms with van der Waals surface area (Å²) in [5.41, 5.74) is -0.836. The summed E-state index contributed by atoms with van der Waals surface area (Å²) in [5.74, 6) is -1.79. The van der Waals surface area contributed by atoms with Crippen molar-refractivity contribution in [2.45, 2.75) is 36.0 Å². The Kier molecular flexibility index (Phi) is 4.51. The zero-order valence-electron chi connectivity index (χ0n) is 10.2. The molecule has 1 N–H and O–H groups in total. The molecule has 7 heteroatoms. The van der Waals surface area contributed by atoms with Crippen molar-refractivity contribution in [2.24, 2.45) is 0 Å². The molecule has 0 aliphatic carbocycles. The highest BCUT2D eigenvalue weighted by Gasteiger charge is 2.31. The number of nitrogens with one attached hydrogen (secondary N) is 1. The molecule has 0 heterocycles. The van der Waals surface area contributed by atoms with Crippen LogP contribution in [-0.2, 0) is 10.0 Å². The minimum atomic E-state index is -4.11. The molecule has 1 unspecified atom stereocenters. The standard InChI is InChI=1S/C11H14BrF2NO2S/c1-7(12)11(2,3)15-18(16,17)10-6-8(13)4-5-9(10)14/h4-7,15H,1-3H3. The van der Waals surface area contributed by atoms with Gasteiger partial charge in [-0.25, -0.2) is 21.9 Å². The van der Waals surface area contributed by atoms with E-state index in [-0.39, 0.29) is 4.83 Å². The van der Waals surface area contributed by atoms with Gasteiger partial charge >= 0.3 is 0 Å². The smallest absolute Gasteiger partial charge is 0.207 e. The molecule has 0 saturated carbocycles. The van der Waals surface area contributed by atoms with Gasteiger partial charge in [-0.1, -0.05) is 22.9 Å². The molecule has 0 aliphatic rings. The Hall–Kier alpha value is -0.530. The molecule has 0 radical (unpaired) electrons. The van der Waals surface area contributed by atoms with Crippen molar-refractivity contribution in [1.82, 2.24) is 4.72 Å². The van der Waals surface area contributed by atoms with Crippen molar-refractivity contribution in [1.29, 1.82) is 0 Å². The van der Waals surface area contributed by atoms with Crippen LogP contribution in [0.5, 0.6) is 0 Å². The Labute approximate surface area is 114 Å². The van der Waals surface area contributed by atoms with Gasteiger partial charge in [0.05, 0.1) is 0 Å². The molecule has 0 amide bonds. The fraction of sp³-hybridized carbons (Fsp3) is 0.455. The first kappa shape index (κ1) is 15.5.